The third-order valence-corrected chi connectivity index (χ3v) is 3.59. The molecule has 0 saturated heterocycles. The molecular weight excluding hydrogens is 224 g/mol. The van der Waals surface area contributed by atoms with E-state index in [1.165, 1.54) is 11.3 Å². The predicted molar refractivity (Wildman–Crippen MR) is 73.5 cm³/mol. The van der Waals surface area contributed by atoms with E-state index in [0.717, 1.165) is 10.2 Å². The Hall–Kier alpha value is -0.740. The zero-order chi connectivity index (χ0) is 11.3. The quantitative estimate of drug-likeness (QED) is 0.645. The Morgan fingerprint density at radius 3 is 2.67 bits per heavy atom. The second-order valence-electron chi connectivity index (χ2n) is 3.44. The van der Waals surface area contributed by atoms with E-state index in [0.29, 0.717) is 0 Å². The molecule has 2 nitrogen and oxygen atoms in total. The van der Waals surface area contributed by atoms with Crippen molar-refractivity contribution in [1.82, 2.24) is 4.90 Å². The average Bonchev–Trinajstić information content (AvgIpc) is 2.20. The van der Waals surface area contributed by atoms with E-state index in [-0.39, 0.29) is 0 Å². The molecule has 1 rings (SSSR count). The number of hydrogen-bond donors (Lipinski definition) is 1. The number of para-hydroxylation sites is 1. The van der Waals surface area contributed by atoms with Crippen LogP contribution in [0.4, 0.5) is 5.69 Å². The Kier molecular flexibility index (Phi) is 4.91. The number of thiocarbonyl (C=S) groups is 1. The number of hydrogen-bond acceptors (Lipinski definition) is 3. The van der Waals surface area contributed by atoms with Crippen molar-refractivity contribution in [1.29, 1.82) is 0 Å². The number of benzene rings is 1. The van der Waals surface area contributed by atoms with Gasteiger partial charge in [-0.1, -0.05) is 42.2 Å². The maximum Gasteiger partial charge on any atom is 0.137 e. The summed E-state index contributed by atoms with van der Waals surface area (Å²) < 4.78 is 0.899. The van der Waals surface area contributed by atoms with E-state index < -0.39 is 0 Å². The van der Waals surface area contributed by atoms with Gasteiger partial charge in [-0.2, -0.15) is 0 Å². The summed E-state index contributed by atoms with van der Waals surface area (Å²) in [6.07, 6.45) is 0. The summed E-state index contributed by atoms with van der Waals surface area (Å²) in [4.78, 5) is 1.94. The number of nitrogens with zero attached hydrogens (tertiary/aromatic N) is 1. The molecule has 0 aliphatic heterocycles. The second kappa shape index (κ2) is 5.98. The van der Waals surface area contributed by atoms with Crippen molar-refractivity contribution in [3.05, 3.63) is 29.8 Å². The monoisotopic (exact) mass is 240 g/mol. The summed E-state index contributed by atoms with van der Waals surface area (Å²) in [7, 11) is 3.92. The first-order valence-electron chi connectivity index (χ1n) is 4.75. The van der Waals surface area contributed by atoms with Crippen molar-refractivity contribution in [2.75, 3.05) is 25.3 Å². The molecule has 1 N–H and O–H groups in total. The number of aryl methyl sites for hydroxylation is 1. The van der Waals surface area contributed by atoms with Crippen LogP contribution >= 0.6 is 24.0 Å². The maximum absolute atomic E-state index is 5.18. The van der Waals surface area contributed by atoms with Crippen molar-refractivity contribution >= 4 is 34.0 Å². The van der Waals surface area contributed by atoms with Crippen molar-refractivity contribution in [3.63, 3.8) is 0 Å². The Morgan fingerprint density at radius 2 is 2.07 bits per heavy atom. The van der Waals surface area contributed by atoms with Gasteiger partial charge in [0.2, 0.25) is 0 Å². The molecule has 0 aliphatic rings. The van der Waals surface area contributed by atoms with Crippen LogP contribution in [0.15, 0.2) is 24.3 Å². The topological polar surface area (TPSA) is 15.3 Å². The predicted octanol–water partition coefficient (Wildman–Crippen LogP) is 2.94. The van der Waals surface area contributed by atoms with E-state index >= 15 is 0 Å². The lowest BCUT2D eigenvalue weighted by Gasteiger charge is -2.14. The first-order valence-corrected chi connectivity index (χ1v) is 6.14. The molecule has 82 valence electrons. The zero-order valence-electron chi connectivity index (χ0n) is 9.28. The van der Waals surface area contributed by atoms with Gasteiger partial charge >= 0.3 is 0 Å². The molecule has 1 aromatic rings. The number of rotatable bonds is 3. The molecule has 0 unspecified atom stereocenters. The number of nitrogens with one attached hydrogen (secondary N) is 1. The molecule has 0 saturated carbocycles. The molecule has 0 bridgehead atoms. The van der Waals surface area contributed by atoms with Gasteiger partial charge in [0.15, 0.2) is 0 Å². The van der Waals surface area contributed by atoms with Gasteiger partial charge in [-0.05, 0) is 18.6 Å². The highest BCUT2D eigenvalue weighted by Gasteiger charge is 2.00. The van der Waals surface area contributed by atoms with Crippen molar-refractivity contribution in [2.24, 2.45) is 0 Å². The molecular formula is C11H16N2S2. The molecule has 0 atom stereocenters. The van der Waals surface area contributed by atoms with Gasteiger partial charge in [-0.15, -0.1) is 0 Å². The first kappa shape index (κ1) is 12.3. The molecule has 0 heterocycles. The molecule has 4 heteroatoms. The van der Waals surface area contributed by atoms with Crippen LogP contribution in [-0.2, 0) is 0 Å². The van der Waals surface area contributed by atoms with Crippen LogP contribution in [0, 0.1) is 6.92 Å². The lowest BCUT2D eigenvalue weighted by Crippen LogP contribution is -2.17. The number of anilines is 1. The molecule has 1 aromatic carbocycles. The third-order valence-electron chi connectivity index (χ3n) is 1.97. The van der Waals surface area contributed by atoms with Gasteiger partial charge in [0.25, 0.3) is 0 Å². The minimum Gasteiger partial charge on any atom is -0.375 e. The summed E-state index contributed by atoms with van der Waals surface area (Å²) in [6, 6.07) is 8.24. The van der Waals surface area contributed by atoms with Crippen LogP contribution in [0.2, 0.25) is 0 Å². The lowest BCUT2D eigenvalue weighted by molar-refractivity contribution is 0.648. The van der Waals surface area contributed by atoms with Gasteiger partial charge in [-0.3, -0.25) is 0 Å². The molecule has 0 amide bonds. The number of thioether (sulfide) groups is 1. The molecule has 0 spiro atoms. The standard InChI is InChI=1S/C11H16N2S2/c1-9-6-4-5-7-10(9)12-8-15-11(14)13(2)3/h4-7,12H,8H2,1-3H3. The SMILES string of the molecule is Cc1ccccc1NCSC(=S)N(C)C. The van der Waals surface area contributed by atoms with Gasteiger partial charge in [0, 0.05) is 19.8 Å². The van der Waals surface area contributed by atoms with E-state index in [4.69, 9.17) is 12.2 Å². The summed E-state index contributed by atoms with van der Waals surface area (Å²) in [6.45, 7) is 2.09. The van der Waals surface area contributed by atoms with E-state index in [1.54, 1.807) is 11.8 Å². The van der Waals surface area contributed by atoms with Crippen LogP contribution < -0.4 is 5.32 Å². The minimum absolute atomic E-state index is 0.807. The zero-order valence-corrected chi connectivity index (χ0v) is 10.9. The fourth-order valence-corrected chi connectivity index (χ4v) is 1.86. The minimum atomic E-state index is 0.807. The molecule has 0 aromatic heterocycles. The average molecular weight is 240 g/mol. The van der Waals surface area contributed by atoms with E-state index in [9.17, 15) is 0 Å². The van der Waals surface area contributed by atoms with Gasteiger partial charge in [0.05, 0.1) is 5.88 Å². The van der Waals surface area contributed by atoms with Gasteiger partial charge in [-0.25, -0.2) is 0 Å². The highest BCUT2D eigenvalue weighted by atomic mass is 32.2. The molecule has 0 aliphatic carbocycles. The second-order valence-corrected chi connectivity index (χ2v) is 5.05. The van der Waals surface area contributed by atoms with Crippen LogP contribution in [-0.4, -0.2) is 29.2 Å². The summed E-state index contributed by atoms with van der Waals surface area (Å²) in [5.41, 5.74) is 2.43. The van der Waals surface area contributed by atoms with Crippen LogP contribution in [0.3, 0.4) is 0 Å². The maximum atomic E-state index is 5.18. The Bertz CT molecular complexity index is 337. The Morgan fingerprint density at radius 1 is 1.40 bits per heavy atom. The summed E-state index contributed by atoms with van der Waals surface area (Å²) in [5, 5.41) is 3.35. The van der Waals surface area contributed by atoms with Crippen molar-refractivity contribution in [3.8, 4) is 0 Å². The lowest BCUT2D eigenvalue weighted by atomic mass is 10.2. The van der Waals surface area contributed by atoms with Crippen LogP contribution in [0.25, 0.3) is 0 Å². The molecule has 0 fully saturated rings. The highest BCUT2D eigenvalue weighted by molar-refractivity contribution is 8.22. The molecule has 15 heavy (non-hydrogen) atoms. The van der Waals surface area contributed by atoms with Crippen molar-refractivity contribution in [2.45, 2.75) is 6.92 Å². The Balaban J connectivity index is 2.38. The smallest absolute Gasteiger partial charge is 0.137 e. The summed E-state index contributed by atoms with van der Waals surface area (Å²) >= 11 is 6.81. The van der Waals surface area contributed by atoms with Gasteiger partial charge in [0.1, 0.15) is 4.32 Å². The normalized spacial score (nSPS) is 9.80. The van der Waals surface area contributed by atoms with E-state index in [2.05, 4.69) is 24.4 Å². The van der Waals surface area contributed by atoms with Crippen molar-refractivity contribution < 1.29 is 0 Å². The molecule has 0 radical (unpaired) electrons. The fraction of sp³-hybridized carbons (Fsp3) is 0.364. The summed E-state index contributed by atoms with van der Waals surface area (Å²) in [5.74, 6) is 0.807. The highest BCUT2D eigenvalue weighted by Crippen LogP contribution is 2.15. The van der Waals surface area contributed by atoms with Crippen LogP contribution in [0.5, 0.6) is 0 Å². The fourth-order valence-electron chi connectivity index (χ4n) is 1.08. The van der Waals surface area contributed by atoms with E-state index in [1.807, 2.05) is 31.1 Å². The third kappa shape index (κ3) is 4.10. The first-order chi connectivity index (χ1) is 7.11. The van der Waals surface area contributed by atoms with Gasteiger partial charge < -0.3 is 10.2 Å². The van der Waals surface area contributed by atoms with Crippen LogP contribution in [0.1, 0.15) is 5.56 Å². The Labute approximate surface area is 101 Å². The largest absolute Gasteiger partial charge is 0.375 e.